The minimum absolute atomic E-state index is 0.0667. The number of nitrogens with zero attached hydrogens (tertiary/aromatic N) is 1. The average molecular weight is 564 g/mol. The van der Waals surface area contributed by atoms with E-state index in [0.717, 1.165) is 6.20 Å². The van der Waals surface area contributed by atoms with Crippen LogP contribution in [0, 0.1) is 6.92 Å². The highest BCUT2D eigenvalue weighted by Crippen LogP contribution is 2.48. The van der Waals surface area contributed by atoms with Gasteiger partial charge in [-0.2, -0.15) is 5.09 Å². The number of benzene rings is 1. The number of halogens is 2. The van der Waals surface area contributed by atoms with Gasteiger partial charge < -0.3 is 19.1 Å². The van der Waals surface area contributed by atoms with Crippen LogP contribution in [-0.4, -0.2) is 56.7 Å². The van der Waals surface area contributed by atoms with Crippen molar-refractivity contribution in [3.8, 4) is 5.75 Å². The fourth-order valence-electron chi connectivity index (χ4n) is 3.37. The van der Waals surface area contributed by atoms with Crippen molar-refractivity contribution < 1.29 is 37.4 Å². The number of aliphatic hydroxyl groups is 1. The Labute approximate surface area is 216 Å². The van der Waals surface area contributed by atoms with Crippen LogP contribution in [0.25, 0.3) is 0 Å². The fraction of sp³-hybridized carbons (Fsp3) is 0.500. The molecule has 1 aromatic carbocycles. The van der Waals surface area contributed by atoms with E-state index in [-0.39, 0.29) is 11.3 Å². The number of aliphatic hydroxyl groups excluding tert-OH is 1. The van der Waals surface area contributed by atoms with Gasteiger partial charge in [-0.05, 0) is 39.8 Å². The highest BCUT2D eigenvalue weighted by Gasteiger charge is 2.58. The lowest BCUT2D eigenvalue weighted by molar-refractivity contribution is -0.149. The second kappa shape index (κ2) is 11.5. The van der Waals surface area contributed by atoms with Gasteiger partial charge in [0.2, 0.25) is 0 Å². The van der Waals surface area contributed by atoms with Gasteiger partial charge in [-0.15, -0.1) is 0 Å². The summed E-state index contributed by atoms with van der Waals surface area (Å²) in [5.41, 5.74) is -1.64. The van der Waals surface area contributed by atoms with Crippen molar-refractivity contribution in [2.45, 2.75) is 63.4 Å². The molecule has 0 aliphatic carbocycles. The van der Waals surface area contributed by atoms with Crippen molar-refractivity contribution in [2.24, 2.45) is 0 Å². The van der Waals surface area contributed by atoms with Crippen LogP contribution in [0.4, 0.5) is 4.39 Å². The van der Waals surface area contributed by atoms with Crippen molar-refractivity contribution in [2.75, 3.05) is 6.61 Å². The van der Waals surface area contributed by atoms with Crippen LogP contribution in [-0.2, 0) is 23.4 Å². The summed E-state index contributed by atoms with van der Waals surface area (Å²) >= 11 is 5.91. The van der Waals surface area contributed by atoms with Crippen LogP contribution in [0.1, 0.15) is 32.6 Å². The fourth-order valence-corrected chi connectivity index (χ4v) is 5.17. The Hall–Kier alpha value is -2.54. The van der Waals surface area contributed by atoms with E-state index in [2.05, 4.69) is 5.09 Å². The number of ether oxygens (including phenoxy) is 2. The van der Waals surface area contributed by atoms with E-state index in [0.29, 0.717) is 4.57 Å². The second-order valence-electron chi connectivity index (χ2n) is 8.66. The molecule has 0 spiro atoms. The van der Waals surface area contributed by atoms with Gasteiger partial charge in [0.15, 0.2) is 6.23 Å². The summed E-state index contributed by atoms with van der Waals surface area (Å²) in [5, 5.41) is 9.93. The molecular formula is C22H28ClFN3O9P. The van der Waals surface area contributed by atoms with E-state index >= 15 is 4.39 Å². The first-order chi connectivity index (χ1) is 17.2. The molecule has 204 valence electrons. The molecule has 0 amide bonds. The van der Waals surface area contributed by atoms with Gasteiger partial charge in [-0.3, -0.25) is 23.7 Å². The van der Waals surface area contributed by atoms with E-state index in [4.69, 9.17) is 30.1 Å². The lowest BCUT2D eigenvalue weighted by Crippen LogP contribution is -2.42. The molecule has 6 atom stereocenters. The predicted molar refractivity (Wildman–Crippen MR) is 130 cm³/mol. The standard InChI is InChI=1S/C22H28ClFN3O9P/c1-12(2)34-19(30)14(4)26-37(32,36-15-8-6-5-7-9-15)33-11-16-17(28)22(23,24)20(35-16)27-10-13(3)18(29)25-21(27)31/h5-10,12,14,16-17,20,28H,11H2,1-4H3,(H,26,32)(H,25,29,31)/t14-,16-,17-,20-,22+,37-/m1/s1. The lowest BCUT2D eigenvalue weighted by Gasteiger charge is -2.25. The Morgan fingerprint density at radius 2 is 1.97 bits per heavy atom. The Balaban J connectivity index is 1.82. The van der Waals surface area contributed by atoms with Gasteiger partial charge in [0, 0.05) is 11.8 Å². The molecule has 0 radical (unpaired) electrons. The number of carbonyl (C=O) groups is 1. The average Bonchev–Trinajstić information content (AvgIpc) is 3.03. The van der Waals surface area contributed by atoms with Crippen LogP contribution in [0.2, 0.25) is 0 Å². The molecule has 3 N–H and O–H groups in total. The van der Waals surface area contributed by atoms with Crippen molar-refractivity contribution in [3.63, 3.8) is 0 Å². The van der Waals surface area contributed by atoms with E-state index in [9.17, 15) is 24.1 Å². The number of para-hydroxylation sites is 1. The first kappa shape index (κ1) is 29.0. The van der Waals surface area contributed by atoms with Gasteiger partial charge in [0.1, 0.15) is 24.0 Å². The summed E-state index contributed by atoms with van der Waals surface area (Å²) in [5.74, 6) is -0.606. The first-order valence-electron chi connectivity index (χ1n) is 11.2. The topological polar surface area (TPSA) is 158 Å². The van der Waals surface area contributed by atoms with Crippen molar-refractivity contribution in [3.05, 3.63) is 62.9 Å². The maximum atomic E-state index is 15.3. The lowest BCUT2D eigenvalue weighted by atomic mass is 10.1. The third kappa shape index (κ3) is 6.86. The molecular weight excluding hydrogens is 536 g/mol. The molecule has 1 aliphatic heterocycles. The summed E-state index contributed by atoms with van der Waals surface area (Å²) in [6.07, 6.45) is -4.84. The zero-order valence-electron chi connectivity index (χ0n) is 20.4. The third-order valence-corrected chi connectivity index (χ3v) is 7.27. The maximum absolute atomic E-state index is 15.3. The van der Waals surface area contributed by atoms with Crippen molar-refractivity contribution in [1.82, 2.24) is 14.6 Å². The Morgan fingerprint density at radius 3 is 2.59 bits per heavy atom. The molecule has 2 heterocycles. The number of aromatic amines is 1. The number of aromatic nitrogens is 2. The molecule has 1 fully saturated rings. The van der Waals surface area contributed by atoms with Crippen LogP contribution in [0.5, 0.6) is 5.75 Å². The molecule has 1 aliphatic rings. The van der Waals surface area contributed by atoms with Gasteiger partial charge in [-0.25, -0.2) is 13.8 Å². The number of rotatable bonds is 10. The summed E-state index contributed by atoms with van der Waals surface area (Å²) < 4.78 is 51.1. The molecule has 37 heavy (non-hydrogen) atoms. The third-order valence-electron chi connectivity index (χ3n) is 5.21. The highest BCUT2D eigenvalue weighted by atomic mass is 35.5. The van der Waals surface area contributed by atoms with Crippen LogP contribution in [0.15, 0.2) is 46.1 Å². The van der Waals surface area contributed by atoms with Gasteiger partial charge >= 0.3 is 19.4 Å². The second-order valence-corrected chi connectivity index (χ2v) is 10.9. The Bertz CT molecular complexity index is 1270. The monoisotopic (exact) mass is 563 g/mol. The summed E-state index contributed by atoms with van der Waals surface area (Å²) in [4.78, 5) is 38.2. The molecule has 1 saturated heterocycles. The smallest absolute Gasteiger partial charge is 0.459 e. The van der Waals surface area contributed by atoms with E-state index in [1.807, 2.05) is 4.98 Å². The molecule has 0 bridgehead atoms. The van der Waals surface area contributed by atoms with Crippen molar-refractivity contribution >= 4 is 25.3 Å². The summed E-state index contributed by atoms with van der Waals surface area (Å²) in [7, 11) is -4.35. The molecule has 0 saturated carbocycles. The number of H-pyrrole nitrogens is 1. The van der Waals surface area contributed by atoms with Gasteiger partial charge in [0.05, 0.1) is 12.7 Å². The molecule has 0 unspecified atom stereocenters. The number of alkyl halides is 2. The number of esters is 1. The van der Waals surface area contributed by atoms with Crippen LogP contribution in [0.3, 0.4) is 0 Å². The number of hydrogen-bond donors (Lipinski definition) is 3. The molecule has 2 aromatic rings. The van der Waals surface area contributed by atoms with E-state index < -0.39 is 67.3 Å². The van der Waals surface area contributed by atoms with Gasteiger partial charge in [-0.1, -0.05) is 29.8 Å². The largest absolute Gasteiger partial charge is 0.462 e. The number of nitrogens with one attached hydrogen (secondary N) is 2. The molecule has 12 nitrogen and oxygen atoms in total. The predicted octanol–water partition coefficient (Wildman–Crippen LogP) is 2.14. The summed E-state index contributed by atoms with van der Waals surface area (Å²) in [6.45, 7) is 5.31. The quantitative estimate of drug-likeness (QED) is 0.222. The highest BCUT2D eigenvalue weighted by molar-refractivity contribution is 7.52. The minimum Gasteiger partial charge on any atom is -0.462 e. The van der Waals surface area contributed by atoms with Gasteiger partial charge in [0.25, 0.3) is 10.7 Å². The van der Waals surface area contributed by atoms with Crippen molar-refractivity contribution in [1.29, 1.82) is 0 Å². The molecule has 1 aromatic heterocycles. The Kier molecular flexibility index (Phi) is 8.99. The van der Waals surface area contributed by atoms with E-state index in [1.54, 1.807) is 32.0 Å². The number of carbonyl (C=O) groups excluding carboxylic acids is 1. The normalized spacial score (nSPS) is 26.0. The number of hydrogen-bond acceptors (Lipinski definition) is 9. The minimum atomic E-state index is -4.35. The molecule has 15 heteroatoms. The first-order valence-corrected chi connectivity index (χ1v) is 13.2. The SMILES string of the molecule is Cc1cn([C@@H]2O[C@H](CO[P@](=O)(N[C@H](C)C(=O)OC(C)C)Oc3ccccc3)[C@@H](O)[C@@]2(F)Cl)c(=O)[nH]c1=O. The zero-order valence-corrected chi connectivity index (χ0v) is 22.1. The summed E-state index contributed by atoms with van der Waals surface area (Å²) in [6, 6.07) is 6.75. The Morgan fingerprint density at radius 1 is 1.32 bits per heavy atom. The molecule has 3 rings (SSSR count). The maximum Gasteiger partial charge on any atom is 0.459 e. The number of aryl methyl sites for hydroxylation is 1. The van der Waals surface area contributed by atoms with Crippen LogP contribution >= 0.6 is 19.3 Å². The zero-order chi connectivity index (χ0) is 27.5. The van der Waals surface area contributed by atoms with Crippen LogP contribution < -0.4 is 20.9 Å². The van der Waals surface area contributed by atoms with E-state index in [1.165, 1.54) is 26.0 Å².